The molecule has 5 aromatic rings. The topological polar surface area (TPSA) is 83.8 Å². The molecule has 2 fully saturated rings. The molecule has 0 spiro atoms. The minimum Gasteiger partial charge on any atom is -0.353 e. The molecule has 9 heteroatoms. The number of piperazine rings is 1. The number of aryl methyl sites for hydroxylation is 2. The van der Waals surface area contributed by atoms with E-state index in [1.807, 2.05) is 17.9 Å². The number of benzene rings is 2. The molecule has 2 N–H and O–H groups in total. The molecule has 194 valence electrons. The van der Waals surface area contributed by atoms with Crippen LogP contribution in [0.1, 0.15) is 29.5 Å². The summed E-state index contributed by atoms with van der Waals surface area (Å²) in [5, 5.41) is 7.20. The van der Waals surface area contributed by atoms with E-state index in [9.17, 15) is 0 Å². The van der Waals surface area contributed by atoms with Crippen LogP contribution in [0.25, 0.3) is 22.1 Å². The molecule has 2 bridgehead atoms. The van der Waals surface area contributed by atoms with E-state index in [1.54, 1.807) is 6.33 Å². The number of hydrogen-bond acceptors (Lipinski definition) is 7. The Bertz CT molecular complexity index is 1620. The molecule has 5 heterocycles. The summed E-state index contributed by atoms with van der Waals surface area (Å²) in [5.74, 6) is 1.73. The first-order chi connectivity index (χ1) is 18.1. The predicted octanol–water partition coefficient (Wildman–Crippen LogP) is 4.92. The second kappa shape index (κ2) is 9.85. The van der Waals surface area contributed by atoms with Crippen molar-refractivity contribution in [1.82, 2.24) is 29.8 Å². The third-order valence-electron chi connectivity index (χ3n) is 7.80. The van der Waals surface area contributed by atoms with Crippen molar-refractivity contribution < 1.29 is 0 Å². The minimum absolute atomic E-state index is 0. The molecule has 0 saturated carbocycles. The quantitative estimate of drug-likeness (QED) is 0.336. The fraction of sp³-hybridized carbons (Fsp3) is 0.310. The fourth-order valence-corrected chi connectivity index (χ4v) is 5.80. The number of aromatic nitrogens is 5. The maximum Gasteiger partial charge on any atom is 0.160 e. The Labute approximate surface area is 227 Å². The summed E-state index contributed by atoms with van der Waals surface area (Å²) >= 11 is 0. The lowest BCUT2D eigenvalue weighted by molar-refractivity contribution is 0.464. The summed E-state index contributed by atoms with van der Waals surface area (Å²) < 4.78 is 2.05. The van der Waals surface area contributed by atoms with E-state index in [2.05, 4.69) is 85.9 Å². The van der Waals surface area contributed by atoms with Crippen LogP contribution >= 0.6 is 12.4 Å². The van der Waals surface area contributed by atoms with Gasteiger partial charge in [-0.3, -0.25) is 0 Å². The highest BCUT2D eigenvalue weighted by Crippen LogP contribution is 2.29. The summed E-state index contributed by atoms with van der Waals surface area (Å²) in [4.78, 5) is 20.9. The molecule has 2 atom stereocenters. The highest BCUT2D eigenvalue weighted by atomic mass is 35.5. The normalized spacial score (nSPS) is 18.6. The van der Waals surface area contributed by atoms with Crippen molar-refractivity contribution in [2.45, 2.75) is 38.3 Å². The van der Waals surface area contributed by atoms with Gasteiger partial charge in [0.2, 0.25) is 0 Å². The molecule has 2 aliphatic rings. The maximum absolute atomic E-state index is 5.02. The summed E-state index contributed by atoms with van der Waals surface area (Å²) in [7, 11) is 2.02. The molecule has 0 amide bonds. The summed E-state index contributed by atoms with van der Waals surface area (Å²) in [6.45, 7) is 4.16. The number of pyridine rings is 1. The van der Waals surface area contributed by atoms with Crippen LogP contribution in [0.5, 0.6) is 0 Å². The van der Waals surface area contributed by atoms with Gasteiger partial charge in [-0.05, 0) is 79.3 Å². The smallest absolute Gasteiger partial charge is 0.160 e. The van der Waals surface area contributed by atoms with Crippen LogP contribution in [0.2, 0.25) is 0 Å². The molecule has 2 aliphatic heterocycles. The van der Waals surface area contributed by atoms with Gasteiger partial charge >= 0.3 is 0 Å². The SMILES string of the molecule is Cc1cc(Nc2ncnc3ccc(N4CC5CCC(C4)N5)nc23)ccc1Cc1ccc2c(c1)ncn2C.Cl. The standard InChI is InChI=1S/C29H30N8.ClH/c1-18-11-21(5-4-20(18)12-19-3-9-26-25(13-19)32-17-36(26)2)34-29-28-24(30-16-31-29)8-10-27(35-28)37-14-22-6-7-23(15-37)33-22;/h3-5,8-11,13,16-17,22-23,33H,6-7,12,14-15H2,1-2H3,(H,30,31,34);1H. The Morgan fingerprint density at radius 1 is 0.947 bits per heavy atom. The summed E-state index contributed by atoms with van der Waals surface area (Å²) in [6.07, 6.45) is 6.83. The van der Waals surface area contributed by atoms with Gasteiger partial charge in [0.1, 0.15) is 17.7 Å². The molecule has 2 unspecified atom stereocenters. The molecular formula is C29H31ClN8. The van der Waals surface area contributed by atoms with Gasteiger partial charge in [-0.25, -0.2) is 19.9 Å². The van der Waals surface area contributed by atoms with Gasteiger partial charge in [-0.15, -0.1) is 12.4 Å². The van der Waals surface area contributed by atoms with E-state index in [-0.39, 0.29) is 12.4 Å². The van der Waals surface area contributed by atoms with Gasteiger partial charge in [0.05, 0.1) is 22.9 Å². The monoisotopic (exact) mass is 526 g/mol. The Morgan fingerprint density at radius 3 is 2.61 bits per heavy atom. The minimum atomic E-state index is 0. The van der Waals surface area contributed by atoms with Crippen molar-refractivity contribution in [2.75, 3.05) is 23.3 Å². The Kier molecular flexibility index (Phi) is 6.37. The van der Waals surface area contributed by atoms with Crippen LogP contribution in [0.15, 0.2) is 61.2 Å². The van der Waals surface area contributed by atoms with E-state index >= 15 is 0 Å². The number of halogens is 1. The van der Waals surface area contributed by atoms with Crippen molar-refractivity contribution in [3.05, 3.63) is 77.9 Å². The van der Waals surface area contributed by atoms with Gasteiger partial charge in [-0.2, -0.15) is 0 Å². The number of fused-ring (bicyclic) bond motifs is 4. The van der Waals surface area contributed by atoms with Crippen molar-refractivity contribution >= 4 is 51.8 Å². The van der Waals surface area contributed by atoms with Crippen molar-refractivity contribution in [1.29, 1.82) is 0 Å². The zero-order valence-electron chi connectivity index (χ0n) is 21.6. The van der Waals surface area contributed by atoms with E-state index in [4.69, 9.17) is 4.98 Å². The largest absolute Gasteiger partial charge is 0.353 e. The van der Waals surface area contributed by atoms with Gasteiger partial charge in [-0.1, -0.05) is 12.1 Å². The molecule has 2 aromatic carbocycles. The zero-order valence-corrected chi connectivity index (χ0v) is 22.4. The van der Waals surface area contributed by atoms with Crippen LogP contribution < -0.4 is 15.5 Å². The van der Waals surface area contributed by atoms with Gasteiger partial charge in [0.15, 0.2) is 5.82 Å². The first-order valence-electron chi connectivity index (χ1n) is 13.0. The molecule has 0 aliphatic carbocycles. The van der Waals surface area contributed by atoms with Crippen molar-refractivity contribution in [2.24, 2.45) is 7.05 Å². The Balaban J connectivity index is 0.00000264. The number of rotatable bonds is 5. The Morgan fingerprint density at radius 2 is 1.79 bits per heavy atom. The van der Waals surface area contributed by atoms with E-state index in [0.29, 0.717) is 12.1 Å². The second-order valence-electron chi connectivity index (χ2n) is 10.4. The third kappa shape index (κ3) is 4.54. The zero-order chi connectivity index (χ0) is 24.9. The molecule has 7 rings (SSSR count). The predicted molar refractivity (Wildman–Crippen MR) is 155 cm³/mol. The lowest BCUT2D eigenvalue weighted by Crippen LogP contribution is -2.51. The van der Waals surface area contributed by atoms with E-state index in [1.165, 1.54) is 29.5 Å². The molecular weight excluding hydrogens is 496 g/mol. The molecule has 0 radical (unpaired) electrons. The summed E-state index contributed by atoms with van der Waals surface area (Å²) in [6, 6.07) is 18.3. The van der Waals surface area contributed by atoms with Crippen LogP contribution in [0.3, 0.4) is 0 Å². The lowest BCUT2D eigenvalue weighted by Gasteiger charge is -2.33. The van der Waals surface area contributed by atoms with E-state index < -0.39 is 0 Å². The highest BCUT2D eigenvalue weighted by Gasteiger charge is 2.32. The third-order valence-corrected chi connectivity index (χ3v) is 7.80. The summed E-state index contributed by atoms with van der Waals surface area (Å²) in [5.41, 5.74) is 8.61. The number of nitrogens with zero attached hydrogens (tertiary/aromatic N) is 6. The van der Waals surface area contributed by atoms with Crippen LogP contribution in [-0.2, 0) is 13.5 Å². The van der Waals surface area contributed by atoms with Gasteiger partial charge in [0, 0.05) is 37.9 Å². The second-order valence-corrected chi connectivity index (χ2v) is 10.4. The van der Waals surface area contributed by atoms with Crippen LogP contribution in [0, 0.1) is 6.92 Å². The highest BCUT2D eigenvalue weighted by molar-refractivity contribution is 5.88. The number of anilines is 3. The Hall–Kier alpha value is -3.75. The lowest BCUT2D eigenvalue weighted by atomic mass is 9.99. The number of imidazole rings is 1. The average molecular weight is 527 g/mol. The molecule has 38 heavy (non-hydrogen) atoms. The first-order valence-corrected chi connectivity index (χ1v) is 13.0. The van der Waals surface area contributed by atoms with Crippen LogP contribution in [-0.4, -0.2) is 49.7 Å². The van der Waals surface area contributed by atoms with Gasteiger partial charge in [0.25, 0.3) is 0 Å². The van der Waals surface area contributed by atoms with Crippen LogP contribution in [0.4, 0.5) is 17.3 Å². The molecule has 3 aromatic heterocycles. The molecule has 8 nitrogen and oxygen atoms in total. The van der Waals surface area contributed by atoms with Gasteiger partial charge < -0.3 is 20.1 Å². The van der Waals surface area contributed by atoms with Crippen molar-refractivity contribution in [3.63, 3.8) is 0 Å². The first kappa shape index (κ1) is 24.6. The van der Waals surface area contributed by atoms with E-state index in [0.717, 1.165) is 58.9 Å². The average Bonchev–Trinajstić information content (AvgIpc) is 3.45. The number of nitrogens with one attached hydrogen (secondary N) is 2. The maximum atomic E-state index is 5.02. The van der Waals surface area contributed by atoms with Crippen molar-refractivity contribution in [3.8, 4) is 0 Å². The number of hydrogen-bond donors (Lipinski definition) is 2. The molecule has 2 saturated heterocycles. The fourth-order valence-electron chi connectivity index (χ4n) is 5.80.